The maximum absolute atomic E-state index is 4.40. The molecule has 0 radical (unpaired) electrons. The normalized spacial score (nSPS) is 6.00. The van der Waals surface area contributed by atoms with Crippen LogP contribution in [0.25, 0.3) is 0 Å². The van der Waals surface area contributed by atoms with Crippen LogP contribution in [0.4, 0.5) is 0 Å². The van der Waals surface area contributed by atoms with Crippen molar-refractivity contribution in [2.24, 2.45) is 0 Å². The molecule has 2 nitrogen and oxygen atoms in total. The molecule has 0 atom stereocenters. The van der Waals surface area contributed by atoms with Gasteiger partial charge < -0.3 is 60.3 Å². The van der Waals surface area contributed by atoms with Crippen molar-refractivity contribution < 1.29 is 17.1 Å². The maximum Gasteiger partial charge on any atom is 2.00 e. The van der Waals surface area contributed by atoms with E-state index in [4.69, 9.17) is 0 Å². The number of hydrogen-bond acceptors (Lipinski definition) is 4. The van der Waals surface area contributed by atoms with Crippen LogP contribution in [0.15, 0.2) is 0 Å². The largest absolute Gasteiger partial charge is 2.00 e. The summed E-state index contributed by atoms with van der Waals surface area (Å²) in [6.45, 7) is 0. The van der Waals surface area contributed by atoms with Crippen LogP contribution in [-0.2, 0) is 42.3 Å². The van der Waals surface area contributed by atoms with E-state index in [9.17, 15) is 0 Å². The molecule has 0 heterocycles. The number of nitrogens with one attached hydrogen (secondary N) is 2. The van der Waals surface area contributed by atoms with Gasteiger partial charge in [0.25, 0.3) is 0 Å². The van der Waals surface area contributed by atoms with Gasteiger partial charge in [-0.2, -0.15) is 0 Å². The summed E-state index contributed by atoms with van der Waals surface area (Å²) in [6.07, 6.45) is 0. The van der Waals surface area contributed by atoms with Gasteiger partial charge in [-0.3, -0.25) is 0 Å². The first-order chi connectivity index (χ1) is 4.54. The number of hydrogen-bond donors (Lipinski definition) is 2. The Labute approximate surface area is 99.6 Å². The van der Waals surface area contributed by atoms with Crippen LogP contribution >= 0.6 is 24.4 Å². The standard InChI is InChI=1S/2C2H5NS2.Fe/c2*1-3-2(4)5;/h2*1H3,(H2,3,4,5);/q;;+2/p-2. The van der Waals surface area contributed by atoms with E-state index in [0.717, 1.165) is 0 Å². The van der Waals surface area contributed by atoms with Crippen molar-refractivity contribution in [3.05, 3.63) is 0 Å². The second kappa shape index (κ2) is 13.3. The average Bonchev–Trinajstić information content (AvgIpc) is 1.89. The van der Waals surface area contributed by atoms with Gasteiger partial charge in [0, 0.05) is 14.1 Å². The van der Waals surface area contributed by atoms with E-state index in [0.29, 0.717) is 8.64 Å². The van der Waals surface area contributed by atoms with Crippen molar-refractivity contribution in [1.29, 1.82) is 0 Å². The number of rotatable bonds is 0. The van der Waals surface area contributed by atoms with Crippen LogP contribution in [0, 0.1) is 0 Å². The average molecular weight is 268 g/mol. The molecule has 0 bridgehead atoms. The third-order valence-corrected chi connectivity index (χ3v) is 1.22. The molecule has 0 rings (SSSR count). The van der Waals surface area contributed by atoms with Gasteiger partial charge >= 0.3 is 17.1 Å². The SMILES string of the molecule is CNC(=S)[S-].CNC(=S)[S-].[Fe+2]. The smallest absolute Gasteiger partial charge is 0.412 e. The van der Waals surface area contributed by atoms with Gasteiger partial charge in [0.1, 0.15) is 0 Å². The fourth-order valence-electron chi connectivity index (χ4n) is 0. The van der Waals surface area contributed by atoms with E-state index in [1.165, 1.54) is 0 Å². The van der Waals surface area contributed by atoms with Gasteiger partial charge in [0.15, 0.2) is 0 Å². The zero-order chi connectivity index (χ0) is 8.57. The van der Waals surface area contributed by atoms with Crippen molar-refractivity contribution in [3.8, 4) is 0 Å². The minimum Gasteiger partial charge on any atom is -0.412 e. The van der Waals surface area contributed by atoms with Gasteiger partial charge in [0.05, 0.1) is 0 Å². The molecule has 7 heteroatoms. The molecular weight excluding hydrogens is 260 g/mol. The Kier molecular flexibility index (Phi) is 21.5. The van der Waals surface area contributed by atoms with Crippen LogP contribution in [0.1, 0.15) is 0 Å². The molecule has 0 aromatic heterocycles. The Balaban J connectivity index is -0.000000107. The van der Waals surface area contributed by atoms with Gasteiger partial charge in [-0.1, -0.05) is 8.64 Å². The fraction of sp³-hybridized carbons (Fsp3) is 0.500. The first kappa shape index (κ1) is 17.7. The molecule has 0 saturated heterocycles. The number of thiocarbonyl (C=S) groups is 2. The van der Waals surface area contributed by atoms with E-state index >= 15 is 0 Å². The summed E-state index contributed by atoms with van der Waals surface area (Å²) >= 11 is 17.6. The summed E-state index contributed by atoms with van der Waals surface area (Å²) in [6, 6.07) is 0. The summed E-state index contributed by atoms with van der Waals surface area (Å²) in [5, 5.41) is 5.15. The van der Waals surface area contributed by atoms with Crippen molar-refractivity contribution in [2.45, 2.75) is 0 Å². The molecule has 66 valence electrons. The van der Waals surface area contributed by atoms with Gasteiger partial charge in [0.2, 0.25) is 0 Å². The second-order valence-electron chi connectivity index (χ2n) is 1.07. The van der Waals surface area contributed by atoms with Crippen LogP contribution in [0.5, 0.6) is 0 Å². The van der Waals surface area contributed by atoms with Gasteiger partial charge in [-0.15, -0.1) is 0 Å². The molecule has 0 saturated carbocycles. The van der Waals surface area contributed by atoms with E-state index in [-0.39, 0.29) is 17.1 Å². The molecule has 2 N–H and O–H groups in total. The van der Waals surface area contributed by atoms with Crippen LogP contribution in [0.2, 0.25) is 0 Å². The fourth-order valence-corrected chi connectivity index (χ4v) is 0. The van der Waals surface area contributed by atoms with Gasteiger partial charge in [-0.25, -0.2) is 0 Å². The first-order valence-electron chi connectivity index (χ1n) is 2.32. The zero-order valence-electron chi connectivity index (χ0n) is 5.99. The minimum atomic E-state index is 0. The Bertz CT molecular complexity index is 105. The maximum atomic E-state index is 4.40. The third-order valence-electron chi connectivity index (χ3n) is 0.408. The molecule has 0 fully saturated rings. The predicted octanol–water partition coefficient (Wildman–Crippen LogP) is 0.0727. The van der Waals surface area contributed by atoms with Crippen molar-refractivity contribution >= 4 is 58.3 Å². The molecular formula is C4H8FeN2S4. The summed E-state index contributed by atoms with van der Waals surface area (Å²) in [5.74, 6) is 0. The Hall–Kier alpha value is 0.739. The molecule has 0 aromatic carbocycles. The third kappa shape index (κ3) is 36.5. The second-order valence-corrected chi connectivity index (χ2v) is 3.22. The molecule has 0 amide bonds. The van der Waals surface area contributed by atoms with Crippen LogP contribution in [0.3, 0.4) is 0 Å². The molecule has 11 heavy (non-hydrogen) atoms. The van der Waals surface area contributed by atoms with Crippen molar-refractivity contribution in [3.63, 3.8) is 0 Å². The van der Waals surface area contributed by atoms with Crippen molar-refractivity contribution in [2.75, 3.05) is 14.1 Å². The monoisotopic (exact) mass is 268 g/mol. The summed E-state index contributed by atoms with van der Waals surface area (Å²) in [5.41, 5.74) is 0. The van der Waals surface area contributed by atoms with E-state index < -0.39 is 0 Å². The molecule has 0 aliphatic carbocycles. The van der Waals surface area contributed by atoms with E-state index in [1.807, 2.05) is 0 Å². The topological polar surface area (TPSA) is 24.1 Å². The minimum absolute atomic E-state index is 0. The van der Waals surface area contributed by atoms with Crippen LogP contribution in [-0.4, -0.2) is 22.7 Å². The Morgan fingerprint density at radius 1 is 1.00 bits per heavy atom. The Morgan fingerprint density at radius 2 is 1.09 bits per heavy atom. The zero-order valence-corrected chi connectivity index (χ0v) is 10.4. The molecule has 0 aliphatic heterocycles. The van der Waals surface area contributed by atoms with Crippen LogP contribution < -0.4 is 10.6 Å². The summed E-state index contributed by atoms with van der Waals surface area (Å²) in [7, 11) is 3.41. The van der Waals surface area contributed by atoms with E-state index in [2.05, 4.69) is 60.3 Å². The molecule has 0 aliphatic rings. The Morgan fingerprint density at radius 3 is 1.09 bits per heavy atom. The first-order valence-corrected chi connectivity index (χ1v) is 3.95. The summed E-state index contributed by atoms with van der Waals surface area (Å²) in [4.78, 5) is 0. The molecule has 0 spiro atoms. The van der Waals surface area contributed by atoms with Crippen molar-refractivity contribution in [1.82, 2.24) is 10.6 Å². The predicted molar refractivity (Wildman–Crippen MR) is 58.0 cm³/mol. The molecule has 0 aromatic rings. The van der Waals surface area contributed by atoms with E-state index in [1.54, 1.807) is 14.1 Å². The quantitative estimate of drug-likeness (QED) is 0.366. The van der Waals surface area contributed by atoms with Gasteiger partial charge in [-0.05, 0) is 0 Å². The summed E-state index contributed by atoms with van der Waals surface area (Å²) < 4.78 is 0.843. The molecule has 0 unspecified atom stereocenters.